The lowest BCUT2D eigenvalue weighted by atomic mass is 10.1. The van der Waals surface area contributed by atoms with Crippen molar-refractivity contribution < 1.29 is 8.91 Å². The van der Waals surface area contributed by atoms with E-state index in [1.165, 1.54) is 12.1 Å². The van der Waals surface area contributed by atoms with E-state index in [1.54, 1.807) is 0 Å². The van der Waals surface area contributed by atoms with E-state index >= 15 is 0 Å². The van der Waals surface area contributed by atoms with E-state index in [2.05, 4.69) is 15.5 Å². The molecule has 1 aromatic heterocycles. The van der Waals surface area contributed by atoms with Crippen molar-refractivity contribution >= 4 is 0 Å². The van der Waals surface area contributed by atoms with Gasteiger partial charge >= 0.3 is 0 Å². The highest BCUT2D eigenvalue weighted by Gasteiger charge is 2.25. The van der Waals surface area contributed by atoms with Gasteiger partial charge in [0.15, 0.2) is 0 Å². The molecule has 1 aromatic carbocycles. The summed E-state index contributed by atoms with van der Waals surface area (Å²) in [5.41, 5.74) is 1.03. The maximum absolute atomic E-state index is 13.3. The molecular formula is C13H16FN3O. The van der Waals surface area contributed by atoms with Gasteiger partial charge in [-0.05, 0) is 51.6 Å². The second kappa shape index (κ2) is 4.49. The summed E-state index contributed by atoms with van der Waals surface area (Å²) >= 11 is 0. The lowest BCUT2D eigenvalue weighted by Gasteiger charge is -2.17. The molecule has 1 heterocycles. The standard InChI is InChI=1S/C13H16FN3O/c1-8-5-9(7-10(14)6-8)11-16-12(18-17-11)13(2,3)15-4/h5-7,15H,1-4H3. The average Bonchev–Trinajstić information content (AvgIpc) is 2.77. The summed E-state index contributed by atoms with van der Waals surface area (Å²) < 4.78 is 18.5. The van der Waals surface area contributed by atoms with Crippen LogP contribution in [0.3, 0.4) is 0 Å². The largest absolute Gasteiger partial charge is 0.337 e. The third kappa shape index (κ3) is 2.41. The van der Waals surface area contributed by atoms with Crippen LogP contribution in [0.2, 0.25) is 0 Å². The van der Waals surface area contributed by atoms with Crippen molar-refractivity contribution in [2.24, 2.45) is 0 Å². The van der Waals surface area contributed by atoms with Gasteiger partial charge in [0.05, 0.1) is 5.54 Å². The highest BCUT2D eigenvalue weighted by molar-refractivity contribution is 5.55. The molecule has 0 fully saturated rings. The zero-order valence-corrected chi connectivity index (χ0v) is 10.9. The molecular weight excluding hydrogens is 233 g/mol. The van der Waals surface area contributed by atoms with Crippen LogP contribution >= 0.6 is 0 Å². The number of hydrogen-bond acceptors (Lipinski definition) is 4. The minimum atomic E-state index is -0.409. The average molecular weight is 249 g/mol. The predicted molar refractivity (Wildman–Crippen MR) is 66.5 cm³/mol. The molecule has 0 saturated heterocycles. The van der Waals surface area contributed by atoms with Crippen LogP contribution in [-0.2, 0) is 5.54 Å². The summed E-state index contributed by atoms with van der Waals surface area (Å²) in [6.45, 7) is 5.69. The van der Waals surface area contributed by atoms with Crippen LogP contribution in [0.1, 0.15) is 25.3 Å². The molecule has 96 valence electrons. The Morgan fingerprint density at radius 1 is 1.28 bits per heavy atom. The zero-order valence-electron chi connectivity index (χ0n) is 10.9. The van der Waals surface area contributed by atoms with Gasteiger partial charge in [-0.15, -0.1) is 0 Å². The normalized spacial score (nSPS) is 11.8. The Balaban J connectivity index is 2.41. The minimum Gasteiger partial charge on any atom is -0.337 e. The molecule has 2 aromatic rings. The second-order valence-electron chi connectivity index (χ2n) is 4.82. The Labute approximate surface area is 105 Å². The van der Waals surface area contributed by atoms with Gasteiger partial charge in [-0.25, -0.2) is 4.39 Å². The fourth-order valence-corrected chi connectivity index (χ4v) is 1.57. The SMILES string of the molecule is CNC(C)(C)c1nc(-c2cc(C)cc(F)c2)no1. The summed E-state index contributed by atoms with van der Waals surface area (Å²) in [5, 5.41) is 6.96. The summed E-state index contributed by atoms with van der Waals surface area (Å²) in [5.74, 6) is 0.571. The van der Waals surface area contributed by atoms with Gasteiger partial charge in [0.1, 0.15) is 5.82 Å². The molecule has 5 heteroatoms. The number of aryl methyl sites for hydroxylation is 1. The number of aromatic nitrogens is 2. The van der Waals surface area contributed by atoms with Crippen LogP contribution in [-0.4, -0.2) is 17.2 Å². The lowest BCUT2D eigenvalue weighted by molar-refractivity contribution is 0.281. The van der Waals surface area contributed by atoms with Crippen LogP contribution in [0, 0.1) is 12.7 Å². The van der Waals surface area contributed by atoms with Crippen molar-refractivity contribution in [3.05, 3.63) is 35.5 Å². The van der Waals surface area contributed by atoms with Crippen LogP contribution in [0.4, 0.5) is 4.39 Å². The molecule has 0 atom stereocenters. The molecule has 0 aliphatic heterocycles. The molecule has 0 aliphatic rings. The van der Waals surface area contributed by atoms with E-state index in [4.69, 9.17) is 4.52 Å². The monoisotopic (exact) mass is 249 g/mol. The molecule has 0 bridgehead atoms. The maximum Gasteiger partial charge on any atom is 0.246 e. The zero-order chi connectivity index (χ0) is 13.3. The highest BCUT2D eigenvalue weighted by Crippen LogP contribution is 2.23. The van der Waals surface area contributed by atoms with Crippen molar-refractivity contribution in [2.75, 3.05) is 7.05 Å². The van der Waals surface area contributed by atoms with Crippen LogP contribution < -0.4 is 5.32 Å². The first kappa shape index (κ1) is 12.7. The van der Waals surface area contributed by atoms with Gasteiger partial charge < -0.3 is 9.84 Å². The van der Waals surface area contributed by atoms with Crippen molar-refractivity contribution in [1.29, 1.82) is 0 Å². The Morgan fingerprint density at radius 2 is 2.00 bits per heavy atom. The number of halogens is 1. The van der Waals surface area contributed by atoms with Gasteiger partial charge in [-0.1, -0.05) is 5.16 Å². The number of hydrogen-bond donors (Lipinski definition) is 1. The van der Waals surface area contributed by atoms with Gasteiger partial charge in [0.2, 0.25) is 11.7 Å². The second-order valence-corrected chi connectivity index (χ2v) is 4.82. The van der Waals surface area contributed by atoms with Gasteiger partial charge in [0, 0.05) is 5.56 Å². The first-order valence-electron chi connectivity index (χ1n) is 5.73. The summed E-state index contributed by atoms with van der Waals surface area (Å²) in [7, 11) is 1.82. The predicted octanol–water partition coefficient (Wildman–Crippen LogP) is 2.64. The van der Waals surface area contributed by atoms with E-state index in [0.29, 0.717) is 17.3 Å². The lowest BCUT2D eigenvalue weighted by Crippen LogP contribution is -2.33. The van der Waals surface area contributed by atoms with Crippen molar-refractivity contribution in [1.82, 2.24) is 15.5 Å². The van der Waals surface area contributed by atoms with Gasteiger partial charge in [-0.2, -0.15) is 4.98 Å². The Kier molecular flexibility index (Phi) is 3.17. The smallest absolute Gasteiger partial charge is 0.246 e. The molecule has 0 aliphatic carbocycles. The maximum atomic E-state index is 13.3. The number of benzene rings is 1. The molecule has 0 unspecified atom stereocenters. The van der Waals surface area contributed by atoms with Crippen molar-refractivity contribution in [2.45, 2.75) is 26.3 Å². The minimum absolute atomic E-state index is 0.302. The number of nitrogens with zero attached hydrogens (tertiary/aromatic N) is 2. The molecule has 0 spiro atoms. The molecule has 0 saturated carbocycles. The van der Waals surface area contributed by atoms with Gasteiger partial charge in [-0.3, -0.25) is 0 Å². The molecule has 0 amide bonds. The summed E-state index contributed by atoms with van der Waals surface area (Å²) in [6, 6.07) is 4.68. The topological polar surface area (TPSA) is 51.0 Å². The third-order valence-corrected chi connectivity index (χ3v) is 2.89. The number of nitrogens with one attached hydrogen (secondary N) is 1. The fraction of sp³-hybridized carbons (Fsp3) is 0.385. The van der Waals surface area contributed by atoms with Crippen molar-refractivity contribution in [3.8, 4) is 11.4 Å². The third-order valence-electron chi connectivity index (χ3n) is 2.89. The first-order chi connectivity index (χ1) is 8.42. The quantitative estimate of drug-likeness (QED) is 0.908. The van der Waals surface area contributed by atoms with Crippen LogP contribution in [0.5, 0.6) is 0 Å². The highest BCUT2D eigenvalue weighted by atomic mass is 19.1. The Hall–Kier alpha value is -1.75. The molecule has 2 rings (SSSR count). The summed E-state index contributed by atoms with van der Waals surface area (Å²) in [6.07, 6.45) is 0. The molecule has 0 radical (unpaired) electrons. The van der Waals surface area contributed by atoms with E-state index < -0.39 is 5.54 Å². The van der Waals surface area contributed by atoms with E-state index in [-0.39, 0.29) is 5.82 Å². The van der Waals surface area contributed by atoms with E-state index in [1.807, 2.05) is 33.9 Å². The van der Waals surface area contributed by atoms with Gasteiger partial charge in [0.25, 0.3) is 0 Å². The molecule has 4 nitrogen and oxygen atoms in total. The molecule has 18 heavy (non-hydrogen) atoms. The number of rotatable bonds is 3. The fourth-order valence-electron chi connectivity index (χ4n) is 1.57. The molecule has 1 N–H and O–H groups in total. The Bertz CT molecular complexity index is 543. The van der Waals surface area contributed by atoms with Crippen molar-refractivity contribution in [3.63, 3.8) is 0 Å². The van der Waals surface area contributed by atoms with Crippen LogP contribution in [0.25, 0.3) is 11.4 Å². The van der Waals surface area contributed by atoms with Crippen LogP contribution in [0.15, 0.2) is 22.7 Å². The van der Waals surface area contributed by atoms with E-state index in [0.717, 1.165) is 5.56 Å². The first-order valence-corrected chi connectivity index (χ1v) is 5.73. The Morgan fingerprint density at radius 3 is 2.61 bits per heavy atom. The van der Waals surface area contributed by atoms with E-state index in [9.17, 15) is 4.39 Å². The summed E-state index contributed by atoms with van der Waals surface area (Å²) in [4.78, 5) is 4.30.